The summed E-state index contributed by atoms with van der Waals surface area (Å²) in [6, 6.07) is 0. The lowest BCUT2D eigenvalue weighted by Crippen LogP contribution is -2.50. The van der Waals surface area contributed by atoms with Crippen molar-refractivity contribution in [1.29, 1.82) is 0 Å². The Kier molecular flexibility index (Phi) is 8.34. The summed E-state index contributed by atoms with van der Waals surface area (Å²) in [5, 5.41) is 4.89. The van der Waals surface area contributed by atoms with Crippen molar-refractivity contribution in [2.75, 3.05) is 26.3 Å². The van der Waals surface area contributed by atoms with Gasteiger partial charge in [0.15, 0.2) is 0 Å². The molecule has 24 heavy (non-hydrogen) atoms. The highest BCUT2D eigenvalue weighted by molar-refractivity contribution is 6.29. The number of nitrogens with one attached hydrogen (secondary N) is 2. The Morgan fingerprint density at radius 1 is 0.750 bits per heavy atom. The van der Waals surface area contributed by atoms with Crippen molar-refractivity contribution < 1.29 is 28.7 Å². The van der Waals surface area contributed by atoms with Gasteiger partial charge in [0.25, 0.3) is 0 Å². The van der Waals surface area contributed by atoms with E-state index in [2.05, 4.69) is 20.1 Å². The fraction of sp³-hybridized carbons (Fsp3) is 0.714. The number of carbonyl (C=O) groups excluding carboxylic acids is 4. The van der Waals surface area contributed by atoms with Crippen molar-refractivity contribution in [3.05, 3.63) is 0 Å². The monoisotopic (exact) mass is 346 g/mol. The van der Waals surface area contributed by atoms with E-state index in [9.17, 15) is 19.2 Å². The average molecular weight is 346 g/mol. The van der Waals surface area contributed by atoms with Gasteiger partial charge in [0, 0.05) is 0 Å². The Morgan fingerprint density at radius 3 is 1.29 bits per heavy atom. The zero-order chi connectivity index (χ0) is 19.0. The molecule has 0 heterocycles. The van der Waals surface area contributed by atoms with E-state index in [1.165, 1.54) is 27.7 Å². The third-order valence-corrected chi connectivity index (χ3v) is 2.58. The van der Waals surface area contributed by atoms with Crippen LogP contribution < -0.4 is 22.1 Å². The summed E-state index contributed by atoms with van der Waals surface area (Å²) in [7, 11) is 0. The Hall–Kier alpha value is -2.20. The molecule has 138 valence electrons. The molecule has 0 rings (SSSR count). The van der Waals surface area contributed by atoms with Crippen LogP contribution in [0.2, 0.25) is 0 Å². The second-order valence-corrected chi connectivity index (χ2v) is 6.23. The number of ether oxygens (including phenoxy) is 2. The third-order valence-electron chi connectivity index (χ3n) is 2.58. The summed E-state index contributed by atoms with van der Waals surface area (Å²) >= 11 is 0. The normalized spacial score (nSPS) is 11.4. The van der Waals surface area contributed by atoms with Gasteiger partial charge in [-0.25, -0.2) is 9.59 Å². The zero-order valence-corrected chi connectivity index (χ0v) is 14.4. The number of rotatable bonds is 8. The van der Waals surface area contributed by atoms with Crippen LogP contribution in [0.4, 0.5) is 0 Å². The van der Waals surface area contributed by atoms with Crippen molar-refractivity contribution in [2.45, 2.75) is 38.8 Å². The van der Waals surface area contributed by atoms with Gasteiger partial charge in [-0.15, -0.1) is 0 Å². The SMILES string of the molecule is CC(C)(N)C(=O)NCCOC(=O)C(=O)OCCNC(=O)C(C)(C)N. The van der Waals surface area contributed by atoms with Crippen LogP contribution in [-0.4, -0.2) is 61.1 Å². The van der Waals surface area contributed by atoms with Gasteiger partial charge in [0.05, 0.1) is 24.2 Å². The molecule has 0 bridgehead atoms. The van der Waals surface area contributed by atoms with Crippen LogP contribution in [0, 0.1) is 0 Å². The summed E-state index contributed by atoms with van der Waals surface area (Å²) in [4.78, 5) is 45.5. The van der Waals surface area contributed by atoms with E-state index in [1.54, 1.807) is 0 Å². The first-order chi connectivity index (χ1) is 10.9. The Bertz CT molecular complexity index is 435. The summed E-state index contributed by atoms with van der Waals surface area (Å²) in [6.07, 6.45) is 0. The summed E-state index contributed by atoms with van der Waals surface area (Å²) in [6.45, 7) is 5.72. The van der Waals surface area contributed by atoms with E-state index >= 15 is 0 Å². The molecule has 0 spiro atoms. The Labute approximate surface area is 140 Å². The van der Waals surface area contributed by atoms with E-state index in [4.69, 9.17) is 11.5 Å². The van der Waals surface area contributed by atoms with E-state index in [0.717, 1.165) is 0 Å². The van der Waals surface area contributed by atoms with Crippen molar-refractivity contribution in [3.8, 4) is 0 Å². The molecule has 0 atom stereocenters. The first-order valence-corrected chi connectivity index (χ1v) is 7.34. The molecule has 0 aliphatic rings. The van der Waals surface area contributed by atoms with Gasteiger partial charge in [-0.3, -0.25) is 9.59 Å². The Balaban J connectivity index is 3.88. The molecule has 0 aromatic heterocycles. The molecular weight excluding hydrogens is 320 g/mol. The maximum Gasteiger partial charge on any atom is 0.417 e. The van der Waals surface area contributed by atoms with Gasteiger partial charge in [-0.05, 0) is 27.7 Å². The second-order valence-electron chi connectivity index (χ2n) is 6.23. The molecule has 0 fully saturated rings. The van der Waals surface area contributed by atoms with Crippen molar-refractivity contribution in [2.24, 2.45) is 11.5 Å². The molecular formula is C14H26N4O6. The highest BCUT2D eigenvalue weighted by Crippen LogP contribution is 1.96. The molecule has 0 unspecified atom stereocenters. The molecule has 0 aliphatic heterocycles. The maximum absolute atomic E-state index is 11.4. The van der Waals surface area contributed by atoms with E-state index < -0.39 is 34.8 Å². The number of nitrogens with two attached hydrogens (primary N) is 2. The van der Waals surface area contributed by atoms with Crippen LogP contribution in [-0.2, 0) is 28.7 Å². The first kappa shape index (κ1) is 21.8. The summed E-state index contributed by atoms with van der Waals surface area (Å²) in [5.41, 5.74) is 9.01. The van der Waals surface area contributed by atoms with Gasteiger partial charge >= 0.3 is 11.9 Å². The van der Waals surface area contributed by atoms with Crippen LogP contribution in [0.3, 0.4) is 0 Å². The lowest BCUT2D eigenvalue weighted by Gasteiger charge is -2.17. The number of hydrogen-bond donors (Lipinski definition) is 4. The molecule has 0 saturated heterocycles. The molecule has 10 nitrogen and oxygen atoms in total. The zero-order valence-electron chi connectivity index (χ0n) is 14.4. The average Bonchev–Trinajstić information content (AvgIpc) is 2.44. The summed E-state index contributed by atoms with van der Waals surface area (Å²) in [5.74, 6) is -3.22. The van der Waals surface area contributed by atoms with Crippen molar-refractivity contribution in [3.63, 3.8) is 0 Å². The number of carbonyl (C=O) groups is 4. The fourth-order valence-electron chi connectivity index (χ4n) is 1.19. The molecule has 0 aliphatic carbocycles. The van der Waals surface area contributed by atoms with Gasteiger partial charge in [0.2, 0.25) is 11.8 Å². The van der Waals surface area contributed by atoms with Crippen LogP contribution in [0.1, 0.15) is 27.7 Å². The van der Waals surface area contributed by atoms with Crippen LogP contribution in [0.25, 0.3) is 0 Å². The second kappa shape index (κ2) is 9.18. The predicted octanol–water partition coefficient (Wildman–Crippen LogP) is -2.22. The molecule has 2 amide bonds. The van der Waals surface area contributed by atoms with Crippen LogP contribution >= 0.6 is 0 Å². The molecule has 0 saturated carbocycles. The first-order valence-electron chi connectivity index (χ1n) is 7.34. The largest absolute Gasteiger partial charge is 0.455 e. The van der Waals surface area contributed by atoms with E-state index in [-0.39, 0.29) is 26.3 Å². The van der Waals surface area contributed by atoms with Gasteiger partial charge in [0.1, 0.15) is 13.2 Å². The number of esters is 2. The minimum atomic E-state index is -1.19. The topological polar surface area (TPSA) is 163 Å². The van der Waals surface area contributed by atoms with Gasteiger partial charge < -0.3 is 31.6 Å². The number of amides is 2. The highest BCUT2D eigenvalue weighted by Gasteiger charge is 2.23. The van der Waals surface area contributed by atoms with Crippen LogP contribution in [0.15, 0.2) is 0 Å². The van der Waals surface area contributed by atoms with Gasteiger partial charge in [-0.2, -0.15) is 0 Å². The standard InChI is InChI=1S/C14H26N4O6/c1-13(2,15)11(21)17-5-7-23-9(19)10(20)24-8-6-18-12(22)14(3,4)16/h5-8,15-16H2,1-4H3,(H,17,21)(H,18,22). The minimum Gasteiger partial charge on any atom is -0.455 e. The molecule has 10 heteroatoms. The lowest BCUT2D eigenvalue weighted by atomic mass is 10.1. The van der Waals surface area contributed by atoms with Gasteiger partial charge in [-0.1, -0.05) is 0 Å². The highest BCUT2D eigenvalue weighted by atomic mass is 16.6. The third kappa shape index (κ3) is 9.06. The van der Waals surface area contributed by atoms with E-state index in [1.807, 2.05) is 0 Å². The predicted molar refractivity (Wildman–Crippen MR) is 84.5 cm³/mol. The lowest BCUT2D eigenvalue weighted by molar-refractivity contribution is -0.167. The minimum absolute atomic E-state index is 0.0140. The van der Waals surface area contributed by atoms with E-state index in [0.29, 0.717) is 0 Å². The molecule has 0 aromatic carbocycles. The molecule has 6 N–H and O–H groups in total. The van der Waals surface area contributed by atoms with Crippen molar-refractivity contribution in [1.82, 2.24) is 10.6 Å². The number of hydrogen-bond acceptors (Lipinski definition) is 8. The maximum atomic E-state index is 11.4. The fourth-order valence-corrected chi connectivity index (χ4v) is 1.19. The molecule has 0 radical (unpaired) electrons. The Morgan fingerprint density at radius 2 is 1.04 bits per heavy atom. The summed E-state index contributed by atoms with van der Waals surface area (Å²) < 4.78 is 9.25. The van der Waals surface area contributed by atoms with Crippen molar-refractivity contribution >= 4 is 23.8 Å². The quantitative estimate of drug-likeness (QED) is 0.218. The molecule has 0 aromatic rings. The van der Waals surface area contributed by atoms with Crippen LogP contribution in [0.5, 0.6) is 0 Å². The smallest absolute Gasteiger partial charge is 0.417 e.